The number of hydrogen-bond acceptors (Lipinski definition) is 7. The molecule has 0 aliphatic rings. The second-order valence-electron chi connectivity index (χ2n) is 6.10. The Hall–Kier alpha value is -2.39. The average molecular weight is 404 g/mol. The normalized spacial score (nSPS) is 12.0. The van der Waals surface area contributed by atoms with E-state index in [1.807, 2.05) is 49.9 Å². The molecular weight excluding hydrogens is 382 g/mol. The topological polar surface area (TPSA) is 81.9 Å². The van der Waals surface area contributed by atoms with E-state index < -0.39 is 0 Å². The molecule has 0 unspecified atom stereocenters. The number of anilines is 1. The van der Waals surface area contributed by atoms with Crippen molar-refractivity contribution in [3.05, 3.63) is 46.7 Å². The van der Waals surface area contributed by atoms with Gasteiger partial charge in [-0.2, -0.15) is 0 Å². The number of benzene rings is 1. The molecular formula is C18H21N5O2S2. The number of amides is 1. The van der Waals surface area contributed by atoms with Crippen LogP contribution >= 0.6 is 23.1 Å². The number of rotatable bonds is 7. The van der Waals surface area contributed by atoms with Crippen molar-refractivity contribution in [2.75, 3.05) is 5.32 Å². The minimum Gasteiger partial charge on any atom is -0.485 e. The van der Waals surface area contributed by atoms with Crippen molar-refractivity contribution in [2.24, 2.45) is 7.05 Å². The number of aromatic nitrogens is 4. The number of hydrogen-bond donors (Lipinski definition) is 1. The van der Waals surface area contributed by atoms with Gasteiger partial charge in [0, 0.05) is 18.6 Å². The minimum atomic E-state index is -0.329. The molecule has 0 aliphatic heterocycles. The number of aryl methyl sites for hydroxylation is 2. The van der Waals surface area contributed by atoms with E-state index in [-0.39, 0.29) is 11.2 Å². The van der Waals surface area contributed by atoms with Gasteiger partial charge in [0.2, 0.25) is 5.91 Å². The first kappa shape index (κ1) is 19.4. The van der Waals surface area contributed by atoms with Crippen LogP contribution in [0.1, 0.15) is 23.9 Å². The maximum Gasteiger partial charge on any atom is 0.239 e. The van der Waals surface area contributed by atoms with Gasteiger partial charge in [-0.1, -0.05) is 23.9 Å². The fourth-order valence-corrected chi connectivity index (χ4v) is 3.65. The zero-order valence-electron chi connectivity index (χ0n) is 15.6. The molecule has 1 atom stereocenters. The second kappa shape index (κ2) is 8.53. The van der Waals surface area contributed by atoms with Crippen LogP contribution in [0.3, 0.4) is 0 Å². The molecule has 9 heteroatoms. The van der Waals surface area contributed by atoms with Gasteiger partial charge in [-0.25, -0.2) is 4.98 Å². The first-order valence-electron chi connectivity index (χ1n) is 8.39. The van der Waals surface area contributed by atoms with Crippen LogP contribution in [0.25, 0.3) is 0 Å². The largest absolute Gasteiger partial charge is 0.485 e. The smallest absolute Gasteiger partial charge is 0.239 e. The van der Waals surface area contributed by atoms with Crippen LogP contribution in [0, 0.1) is 13.8 Å². The molecule has 0 fully saturated rings. The Morgan fingerprint density at radius 3 is 2.93 bits per heavy atom. The highest BCUT2D eigenvalue weighted by molar-refractivity contribution is 8.00. The summed E-state index contributed by atoms with van der Waals surface area (Å²) in [5, 5.41) is 13.9. The zero-order chi connectivity index (χ0) is 19.4. The van der Waals surface area contributed by atoms with Gasteiger partial charge in [-0.3, -0.25) is 4.79 Å². The Bertz CT molecular complexity index is 924. The summed E-state index contributed by atoms with van der Waals surface area (Å²) in [6.45, 7) is 6.18. The van der Waals surface area contributed by atoms with Crippen LogP contribution in [0.5, 0.6) is 5.75 Å². The Labute approximate surface area is 166 Å². The summed E-state index contributed by atoms with van der Waals surface area (Å²) in [5.41, 5.74) is 2.22. The van der Waals surface area contributed by atoms with Gasteiger partial charge in [0.15, 0.2) is 16.1 Å². The van der Waals surface area contributed by atoms with E-state index in [2.05, 4.69) is 26.6 Å². The van der Waals surface area contributed by atoms with Gasteiger partial charge in [0.05, 0.1) is 5.25 Å². The molecule has 1 aromatic carbocycles. The molecule has 0 aliphatic carbocycles. The molecule has 1 N–H and O–H groups in total. The summed E-state index contributed by atoms with van der Waals surface area (Å²) in [6.07, 6.45) is 1.66. The molecule has 0 bridgehead atoms. The van der Waals surface area contributed by atoms with E-state index in [9.17, 15) is 4.79 Å². The Morgan fingerprint density at radius 1 is 1.37 bits per heavy atom. The molecule has 27 heavy (non-hydrogen) atoms. The molecule has 0 radical (unpaired) electrons. The van der Waals surface area contributed by atoms with Gasteiger partial charge in [0.25, 0.3) is 0 Å². The molecule has 2 heterocycles. The molecule has 0 saturated heterocycles. The number of nitrogens with one attached hydrogen (secondary N) is 1. The first-order valence-corrected chi connectivity index (χ1v) is 10.2. The van der Waals surface area contributed by atoms with Crippen LogP contribution < -0.4 is 10.1 Å². The quantitative estimate of drug-likeness (QED) is 0.607. The van der Waals surface area contributed by atoms with Gasteiger partial charge in [-0.15, -0.1) is 21.5 Å². The van der Waals surface area contributed by atoms with E-state index in [1.54, 1.807) is 6.20 Å². The first-order chi connectivity index (χ1) is 12.9. The highest BCUT2D eigenvalue weighted by Crippen LogP contribution is 2.24. The molecule has 1 amide bonds. The minimum absolute atomic E-state index is 0.119. The lowest BCUT2D eigenvalue weighted by Crippen LogP contribution is -2.22. The number of thiazole rings is 1. The standard InChI is InChI=1S/C18H21N5O2S2/c1-11-5-6-12(2)14(9-11)25-10-15-21-22-18(23(15)4)27-13(3)16(24)20-17-19-7-8-26-17/h5-9,13H,10H2,1-4H3,(H,19,20,24)/t13-/m1/s1. The average Bonchev–Trinajstić information content (AvgIpc) is 3.26. The van der Waals surface area contributed by atoms with E-state index >= 15 is 0 Å². The number of carbonyl (C=O) groups is 1. The SMILES string of the molecule is Cc1ccc(C)c(OCc2nnc(S[C@H](C)C(=O)Nc3nccs3)n2C)c1. The number of carbonyl (C=O) groups excluding carboxylic acids is 1. The highest BCUT2D eigenvalue weighted by Gasteiger charge is 2.19. The molecule has 7 nitrogen and oxygen atoms in total. The highest BCUT2D eigenvalue weighted by atomic mass is 32.2. The summed E-state index contributed by atoms with van der Waals surface area (Å²) in [6, 6.07) is 6.09. The van der Waals surface area contributed by atoms with Crippen molar-refractivity contribution in [3.8, 4) is 5.75 Å². The molecule has 2 aromatic heterocycles. The van der Waals surface area contributed by atoms with Crippen LogP contribution in [0.2, 0.25) is 0 Å². The fraction of sp³-hybridized carbons (Fsp3) is 0.333. The van der Waals surface area contributed by atoms with Gasteiger partial charge < -0.3 is 14.6 Å². The number of thioether (sulfide) groups is 1. The van der Waals surface area contributed by atoms with Gasteiger partial charge in [-0.05, 0) is 38.0 Å². The summed E-state index contributed by atoms with van der Waals surface area (Å²) in [5.74, 6) is 1.42. The number of nitrogens with zero attached hydrogens (tertiary/aromatic N) is 4. The third-order valence-electron chi connectivity index (χ3n) is 3.94. The molecule has 142 valence electrons. The van der Waals surface area contributed by atoms with Crippen molar-refractivity contribution in [2.45, 2.75) is 37.8 Å². The Morgan fingerprint density at radius 2 is 2.19 bits per heavy atom. The lowest BCUT2D eigenvalue weighted by atomic mass is 10.1. The van der Waals surface area contributed by atoms with Gasteiger partial charge >= 0.3 is 0 Å². The lowest BCUT2D eigenvalue weighted by Gasteiger charge is -2.11. The predicted molar refractivity (Wildman–Crippen MR) is 107 cm³/mol. The Kier molecular flexibility index (Phi) is 6.12. The van der Waals surface area contributed by atoms with Crippen molar-refractivity contribution in [1.82, 2.24) is 19.7 Å². The third-order valence-corrected chi connectivity index (χ3v) is 5.76. The van der Waals surface area contributed by atoms with Crippen LogP contribution in [-0.4, -0.2) is 30.9 Å². The molecule has 3 aromatic rings. The molecule has 0 spiro atoms. The van der Waals surface area contributed by atoms with Gasteiger partial charge in [0.1, 0.15) is 12.4 Å². The fourth-order valence-electron chi connectivity index (χ4n) is 2.28. The van der Waals surface area contributed by atoms with Crippen LogP contribution in [0.15, 0.2) is 34.9 Å². The third kappa shape index (κ3) is 4.86. The van der Waals surface area contributed by atoms with E-state index in [4.69, 9.17) is 4.74 Å². The van der Waals surface area contributed by atoms with E-state index in [0.29, 0.717) is 22.7 Å². The van der Waals surface area contributed by atoms with Crippen molar-refractivity contribution < 1.29 is 9.53 Å². The van der Waals surface area contributed by atoms with Crippen LogP contribution in [0.4, 0.5) is 5.13 Å². The second-order valence-corrected chi connectivity index (χ2v) is 8.30. The predicted octanol–water partition coefficient (Wildman–Crippen LogP) is 3.59. The maximum atomic E-state index is 12.3. The Balaban J connectivity index is 1.61. The van der Waals surface area contributed by atoms with Crippen LogP contribution in [-0.2, 0) is 18.4 Å². The number of ether oxygens (including phenoxy) is 1. The lowest BCUT2D eigenvalue weighted by molar-refractivity contribution is -0.115. The zero-order valence-corrected chi connectivity index (χ0v) is 17.2. The summed E-state index contributed by atoms with van der Waals surface area (Å²) in [4.78, 5) is 16.3. The monoisotopic (exact) mass is 403 g/mol. The molecule has 0 saturated carbocycles. The summed E-state index contributed by atoms with van der Waals surface area (Å²) >= 11 is 2.73. The summed E-state index contributed by atoms with van der Waals surface area (Å²) in [7, 11) is 1.87. The van der Waals surface area contributed by atoms with E-state index in [1.165, 1.54) is 23.1 Å². The maximum absolute atomic E-state index is 12.3. The van der Waals surface area contributed by atoms with Crippen molar-refractivity contribution in [3.63, 3.8) is 0 Å². The molecule has 3 rings (SSSR count). The van der Waals surface area contributed by atoms with E-state index in [0.717, 1.165) is 16.9 Å². The van der Waals surface area contributed by atoms with Crippen molar-refractivity contribution in [1.29, 1.82) is 0 Å². The van der Waals surface area contributed by atoms with Crippen molar-refractivity contribution >= 4 is 34.1 Å². The summed E-state index contributed by atoms with van der Waals surface area (Å²) < 4.78 is 7.75.